The molecule has 0 saturated heterocycles. The maximum absolute atomic E-state index is 11.0. The molecular formula is C12H12Br2O3. The van der Waals surface area contributed by atoms with E-state index in [-0.39, 0.29) is 5.97 Å². The molecule has 0 aromatic heterocycles. The van der Waals surface area contributed by atoms with Gasteiger partial charge in [-0.3, -0.25) is 0 Å². The van der Waals surface area contributed by atoms with Crippen LogP contribution in [0, 0.1) is 0 Å². The van der Waals surface area contributed by atoms with E-state index in [0.29, 0.717) is 19.0 Å². The largest absolute Gasteiger partial charge is 0.487 e. The van der Waals surface area contributed by atoms with Crippen LogP contribution in [0.5, 0.6) is 5.75 Å². The van der Waals surface area contributed by atoms with E-state index in [4.69, 9.17) is 9.47 Å². The highest BCUT2D eigenvalue weighted by molar-refractivity contribution is 9.11. The molecule has 0 aliphatic heterocycles. The smallest absolute Gasteiger partial charge is 0.330 e. The van der Waals surface area contributed by atoms with Gasteiger partial charge in [0, 0.05) is 6.08 Å². The molecule has 0 spiro atoms. The fourth-order valence-corrected chi connectivity index (χ4v) is 2.31. The first-order valence-corrected chi connectivity index (χ1v) is 6.64. The van der Waals surface area contributed by atoms with Gasteiger partial charge in [0.15, 0.2) is 0 Å². The van der Waals surface area contributed by atoms with Gasteiger partial charge in [-0.25, -0.2) is 4.79 Å². The van der Waals surface area contributed by atoms with E-state index in [1.807, 2.05) is 18.2 Å². The lowest BCUT2D eigenvalue weighted by atomic mass is 10.3. The third kappa shape index (κ3) is 4.91. The predicted octanol–water partition coefficient (Wildman–Crippen LogP) is 3.71. The molecule has 1 rings (SSSR count). The third-order valence-electron chi connectivity index (χ3n) is 1.78. The highest BCUT2D eigenvalue weighted by Gasteiger charge is 2.04. The molecule has 1 aromatic rings. The number of carbonyl (C=O) groups is 1. The van der Waals surface area contributed by atoms with E-state index < -0.39 is 0 Å². The summed E-state index contributed by atoms with van der Waals surface area (Å²) < 4.78 is 12.0. The normalized spacial score (nSPS) is 10.5. The van der Waals surface area contributed by atoms with Crippen molar-refractivity contribution in [1.29, 1.82) is 0 Å². The van der Waals surface area contributed by atoms with Crippen molar-refractivity contribution >= 4 is 37.8 Å². The van der Waals surface area contributed by atoms with E-state index in [1.165, 1.54) is 6.08 Å². The van der Waals surface area contributed by atoms with Gasteiger partial charge < -0.3 is 9.47 Å². The maximum atomic E-state index is 11.0. The SMILES string of the molecule is CCOC(=O)/C=C/COc1c(Br)cccc1Br. The van der Waals surface area contributed by atoms with Gasteiger partial charge in [0.2, 0.25) is 0 Å². The summed E-state index contributed by atoms with van der Waals surface area (Å²) in [5.41, 5.74) is 0. The second kappa shape index (κ2) is 7.50. The Labute approximate surface area is 117 Å². The van der Waals surface area contributed by atoms with Crippen LogP contribution in [0.3, 0.4) is 0 Å². The van der Waals surface area contributed by atoms with Gasteiger partial charge in [-0.15, -0.1) is 0 Å². The number of benzene rings is 1. The average Bonchev–Trinajstić information content (AvgIpc) is 2.28. The van der Waals surface area contributed by atoms with Crippen LogP contribution in [0.15, 0.2) is 39.3 Å². The summed E-state index contributed by atoms with van der Waals surface area (Å²) in [5, 5.41) is 0. The molecule has 17 heavy (non-hydrogen) atoms. The Hall–Kier alpha value is -0.810. The van der Waals surface area contributed by atoms with Gasteiger partial charge in [-0.2, -0.15) is 0 Å². The summed E-state index contributed by atoms with van der Waals surface area (Å²) >= 11 is 6.76. The Balaban J connectivity index is 2.49. The minimum Gasteiger partial charge on any atom is -0.487 e. The van der Waals surface area contributed by atoms with Gasteiger partial charge in [0.25, 0.3) is 0 Å². The summed E-state index contributed by atoms with van der Waals surface area (Å²) in [4.78, 5) is 11.0. The van der Waals surface area contributed by atoms with Crippen LogP contribution >= 0.6 is 31.9 Å². The van der Waals surface area contributed by atoms with Gasteiger partial charge in [0.05, 0.1) is 15.6 Å². The fraction of sp³-hybridized carbons (Fsp3) is 0.250. The number of ether oxygens (including phenoxy) is 2. The number of halogens is 2. The average molecular weight is 364 g/mol. The van der Waals surface area contributed by atoms with Crippen molar-refractivity contribution in [3.05, 3.63) is 39.3 Å². The second-order valence-electron chi connectivity index (χ2n) is 3.02. The number of rotatable bonds is 5. The van der Waals surface area contributed by atoms with Crippen LogP contribution in [0.2, 0.25) is 0 Å². The van der Waals surface area contributed by atoms with Crippen LogP contribution in [-0.2, 0) is 9.53 Å². The first-order valence-electron chi connectivity index (χ1n) is 5.05. The second-order valence-corrected chi connectivity index (χ2v) is 4.72. The maximum Gasteiger partial charge on any atom is 0.330 e. The summed E-state index contributed by atoms with van der Waals surface area (Å²) in [6, 6.07) is 5.67. The van der Waals surface area contributed by atoms with Crippen molar-refractivity contribution in [2.24, 2.45) is 0 Å². The molecule has 0 bridgehead atoms. The Morgan fingerprint density at radius 2 is 2.00 bits per heavy atom. The van der Waals surface area contributed by atoms with E-state index in [1.54, 1.807) is 13.0 Å². The van der Waals surface area contributed by atoms with Gasteiger partial charge in [0.1, 0.15) is 12.4 Å². The Morgan fingerprint density at radius 1 is 1.35 bits per heavy atom. The number of para-hydroxylation sites is 1. The van der Waals surface area contributed by atoms with Crippen LogP contribution in [0.25, 0.3) is 0 Å². The third-order valence-corrected chi connectivity index (χ3v) is 3.03. The van der Waals surface area contributed by atoms with Crippen LogP contribution in [0.1, 0.15) is 6.92 Å². The minimum atomic E-state index is -0.359. The number of esters is 1. The summed E-state index contributed by atoms with van der Waals surface area (Å²) in [6.07, 6.45) is 2.97. The number of hydrogen-bond donors (Lipinski definition) is 0. The molecule has 0 heterocycles. The van der Waals surface area contributed by atoms with Crippen LogP contribution in [0.4, 0.5) is 0 Å². The van der Waals surface area contributed by atoms with Crippen molar-refractivity contribution in [3.8, 4) is 5.75 Å². The first kappa shape index (κ1) is 14.3. The molecule has 0 fully saturated rings. The highest BCUT2D eigenvalue weighted by atomic mass is 79.9. The summed E-state index contributed by atoms with van der Waals surface area (Å²) in [7, 11) is 0. The summed E-state index contributed by atoms with van der Waals surface area (Å²) in [6.45, 7) is 2.44. The van der Waals surface area contributed by atoms with E-state index in [0.717, 1.165) is 8.95 Å². The van der Waals surface area contributed by atoms with E-state index in [9.17, 15) is 4.79 Å². The molecule has 0 unspecified atom stereocenters. The Kier molecular flexibility index (Phi) is 6.29. The molecular weight excluding hydrogens is 352 g/mol. The standard InChI is InChI=1S/C12H12Br2O3/c1-2-16-11(15)7-4-8-17-12-9(13)5-3-6-10(12)14/h3-7H,2,8H2,1H3/b7-4+. The van der Waals surface area contributed by atoms with Crippen molar-refractivity contribution in [3.63, 3.8) is 0 Å². The Morgan fingerprint density at radius 3 is 2.59 bits per heavy atom. The topological polar surface area (TPSA) is 35.5 Å². The molecule has 1 aromatic carbocycles. The molecule has 0 N–H and O–H groups in total. The number of hydrogen-bond acceptors (Lipinski definition) is 3. The monoisotopic (exact) mass is 362 g/mol. The number of carbonyl (C=O) groups excluding carboxylic acids is 1. The van der Waals surface area contributed by atoms with Crippen molar-refractivity contribution in [2.75, 3.05) is 13.2 Å². The molecule has 0 aliphatic rings. The van der Waals surface area contributed by atoms with Crippen molar-refractivity contribution < 1.29 is 14.3 Å². The lowest BCUT2D eigenvalue weighted by Crippen LogP contribution is -2.01. The molecule has 5 heteroatoms. The quantitative estimate of drug-likeness (QED) is 0.591. The zero-order valence-corrected chi connectivity index (χ0v) is 12.5. The van der Waals surface area contributed by atoms with E-state index in [2.05, 4.69) is 31.9 Å². The molecule has 0 atom stereocenters. The van der Waals surface area contributed by atoms with Crippen molar-refractivity contribution in [2.45, 2.75) is 6.92 Å². The van der Waals surface area contributed by atoms with Crippen LogP contribution in [-0.4, -0.2) is 19.2 Å². The first-order chi connectivity index (χ1) is 8.15. The van der Waals surface area contributed by atoms with Gasteiger partial charge in [-0.1, -0.05) is 6.07 Å². The molecule has 0 amide bonds. The zero-order valence-electron chi connectivity index (χ0n) is 9.28. The zero-order chi connectivity index (χ0) is 12.7. The van der Waals surface area contributed by atoms with Gasteiger partial charge >= 0.3 is 5.97 Å². The van der Waals surface area contributed by atoms with Gasteiger partial charge in [-0.05, 0) is 57.0 Å². The predicted molar refractivity (Wildman–Crippen MR) is 73.1 cm³/mol. The fourth-order valence-electron chi connectivity index (χ4n) is 1.09. The summed E-state index contributed by atoms with van der Waals surface area (Å²) in [5.74, 6) is 0.350. The lowest BCUT2D eigenvalue weighted by molar-refractivity contribution is -0.137. The van der Waals surface area contributed by atoms with Crippen LogP contribution < -0.4 is 4.74 Å². The molecule has 92 valence electrons. The van der Waals surface area contributed by atoms with Crippen molar-refractivity contribution in [1.82, 2.24) is 0 Å². The van der Waals surface area contributed by atoms with E-state index >= 15 is 0 Å². The highest BCUT2D eigenvalue weighted by Crippen LogP contribution is 2.32. The lowest BCUT2D eigenvalue weighted by Gasteiger charge is -2.07. The molecule has 0 saturated carbocycles. The molecule has 0 aliphatic carbocycles. The molecule has 0 radical (unpaired) electrons. The molecule has 3 nitrogen and oxygen atoms in total. The Bertz CT molecular complexity index is 396. The minimum absolute atomic E-state index is 0.306.